The van der Waals surface area contributed by atoms with Gasteiger partial charge in [0.25, 0.3) is 0 Å². The van der Waals surface area contributed by atoms with Gasteiger partial charge in [0.15, 0.2) is 5.76 Å². The molecular formula is C16H17N3O3. The second kappa shape index (κ2) is 5.23. The van der Waals surface area contributed by atoms with Gasteiger partial charge in [0.05, 0.1) is 12.7 Å². The largest absolute Gasteiger partial charge is 0.455 e. The molecule has 0 N–H and O–H groups in total. The Hall–Kier alpha value is -2.18. The van der Waals surface area contributed by atoms with Gasteiger partial charge in [-0.2, -0.15) is 5.10 Å². The number of furan rings is 1. The minimum Gasteiger partial charge on any atom is -0.455 e. The summed E-state index contributed by atoms with van der Waals surface area (Å²) in [6.45, 7) is 3.06. The van der Waals surface area contributed by atoms with Gasteiger partial charge in [-0.25, -0.2) is 9.67 Å². The first-order valence-corrected chi connectivity index (χ1v) is 7.38. The normalized spacial score (nSPS) is 25.6. The average Bonchev–Trinajstić information content (AvgIpc) is 3.16. The zero-order valence-electron chi connectivity index (χ0n) is 12.3. The van der Waals surface area contributed by atoms with Crippen molar-refractivity contribution < 1.29 is 13.9 Å². The summed E-state index contributed by atoms with van der Waals surface area (Å²) >= 11 is 0. The molecule has 1 saturated heterocycles. The molecule has 1 fully saturated rings. The molecule has 0 amide bonds. The molecule has 4 rings (SSSR count). The lowest BCUT2D eigenvalue weighted by Gasteiger charge is -2.38. The Bertz CT molecular complexity index is 735. The number of benzene rings is 1. The van der Waals surface area contributed by atoms with Crippen LogP contribution in [0.2, 0.25) is 0 Å². The fourth-order valence-electron chi connectivity index (χ4n) is 2.79. The highest BCUT2D eigenvalue weighted by atomic mass is 16.7. The van der Waals surface area contributed by atoms with Crippen LogP contribution in [-0.4, -0.2) is 27.5 Å². The van der Waals surface area contributed by atoms with Crippen LogP contribution in [-0.2, 0) is 21.8 Å². The van der Waals surface area contributed by atoms with Crippen molar-refractivity contribution in [3.63, 3.8) is 0 Å². The van der Waals surface area contributed by atoms with Crippen LogP contribution in [0, 0.1) is 0 Å². The molecule has 114 valence electrons. The highest BCUT2D eigenvalue weighted by Crippen LogP contribution is 2.37. The Morgan fingerprint density at radius 1 is 1.36 bits per heavy atom. The Kier molecular flexibility index (Phi) is 3.20. The summed E-state index contributed by atoms with van der Waals surface area (Å²) in [6.07, 6.45) is 4.10. The molecule has 3 heterocycles. The van der Waals surface area contributed by atoms with Crippen molar-refractivity contribution in [1.29, 1.82) is 0 Å². The quantitative estimate of drug-likeness (QED) is 0.744. The SMILES string of the molecule is C[C@@H]1CCO[C@](Cn2cncn2)(c2cc3ccccc3o2)O1. The predicted molar refractivity (Wildman–Crippen MR) is 79.0 cm³/mol. The summed E-state index contributed by atoms with van der Waals surface area (Å²) < 4.78 is 19.9. The molecule has 2 aromatic heterocycles. The van der Waals surface area contributed by atoms with Crippen molar-refractivity contribution in [3.8, 4) is 0 Å². The number of fused-ring (bicyclic) bond motifs is 1. The van der Waals surface area contributed by atoms with Gasteiger partial charge in [-0.3, -0.25) is 0 Å². The Morgan fingerprint density at radius 3 is 3.05 bits per heavy atom. The second-order valence-corrected chi connectivity index (χ2v) is 5.56. The summed E-state index contributed by atoms with van der Waals surface area (Å²) in [5.41, 5.74) is 0.820. The summed E-state index contributed by atoms with van der Waals surface area (Å²) in [4.78, 5) is 3.98. The van der Waals surface area contributed by atoms with E-state index in [1.165, 1.54) is 6.33 Å². The number of rotatable bonds is 3. The third-order valence-electron chi connectivity index (χ3n) is 3.89. The van der Waals surface area contributed by atoms with Crippen LogP contribution < -0.4 is 0 Å². The topological polar surface area (TPSA) is 62.3 Å². The smallest absolute Gasteiger partial charge is 0.249 e. The van der Waals surface area contributed by atoms with Gasteiger partial charge in [0.1, 0.15) is 24.8 Å². The fraction of sp³-hybridized carbons (Fsp3) is 0.375. The van der Waals surface area contributed by atoms with E-state index in [9.17, 15) is 0 Å². The average molecular weight is 299 g/mol. The van der Waals surface area contributed by atoms with E-state index in [0.717, 1.165) is 17.4 Å². The number of ether oxygens (including phenoxy) is 2. The Labute approximate surface area is 127 Å². The van der Waals surface area contributed by atoms with Gasteiger partial charge in [-0.1, -0.05) is 18.2 Å². The third kappa shape index (κ3) is 2.30. The summed E-state index contributed by atoms with van der Waals surface area (Å²) in [5.74, 6) is -0.305. The van der Waals surface area contributed by atoms with Gasteiger partial charge >= 0.3 is 0 Å². The third-order valence-corrected chi connectivity index (χ3v) is 3.89. The first-order chi connectivity index (χ1) is 10.8. The van der Waals surface area contributed by atoms with E-state index in [2.05, 4.69) is 10.1 Å². The lowest BCUT2D eigenvalue weighted by molar-refractivity contribution is -0.314. The number of hydrogen-bond donors (Lipinski definition) is 0. The van der Waals surface area contributed by atoms with Crippen LogP contribution in [0.5, 0.6) is 0 Å². The molecule has 6 heteroatoms. The summed E-state index contributed by atoms with van der Waals surface area (Å²) in [7, 11) is 0. The van der Waals surface area contributed by atoms with Crippen LogP contribution in [0.4, 0.5) is 0 Å². The van der Waals surface area contributed by atoms with Crippen molar-refractivity contribution in [2.24, 2.45) is 0 Å². The summed E-state index contributed by atoms with van der Waals surface area (Å²) in [5, 5.41) is 5.19. The van der Waals surface area contributed by atoms with Crippen molar-refractivity contribution in [1.82, 2.24) is 14.8 Å². The molecule has 0 unspecified atom stereocenters. The molecule has 0 saturated carbocycles. The molecule has 2 atom stereocenters. The van der Waals surface area contributed by atoms with Crippen molar-refractivity contribution >= 4 is 11.0 Å². The van der Waals surface area contributed by atoms with E-state index in [1.807, 2.05) is 37.3 Å². The van der Waals surface area contributed by atoms with E-state index in [1.54, 1.807) is 11.0 Å². The molecule has 0 bridgehead atoms. The minimum absolute atomic E-state index is 0.0884. The molecule has 22 heavy (non-hydrogen) atoms. The van der Waals surface area contributed by atoms with E-state index < -0.39 is 5.79 Å². The minimum atomic E-state index is -0.968. The fourth-order valence-corrected chi connectivity index (χ4v) is 2.79. The zero-order chi connectivity index (χ0) is 15.0. The lowest BCUT2D eigenvalue weighted by Crippen LogP contribution is -2.44. The highest BCUT2D eigenvalue weighted by molar-refractivity contribution is 5.77. The number of para-hydroxylation sites is 1. The monoisotopic (exact) mass is 299 g/mol. The molecule has 0 aliphatic carbocycles. The molecule has 1 aliphatic rings. The van der Waals surface area contributed by atoms with Gasteiger partial charge in [0, 0.05) is 5.39 Å². The van der Waals surface area contributed by atoms with E-state index in [4.69, 9.17) is 13.9 Å². The lowest BCUT2D eigenvalue weighted by atomic mass is 10.1. The first-order valence-electron chi connectivity index (χ1n) is 7.38. The second-order valence-electron chi connectivity index (χ2n) is 5.56. The molecular weight excluding hydrogens is 282 g/mol. The van der Waals surface area contributed by atoms with E-state index >= 15 is 0 Å². The zero-order valence-corrected chi connectivity index (χ0v) is 12.3. The molecule has 1 aliphatic heterocycles. The van der Waals surface area contributed by atoms with Crippen LogP contribution in [0.3, 0.4) is 0 Å². The molecule has 0 spiro atoms. The maximum Gasteiger partial charge on any atom is 0.249 e. The maximum atomic E-state index is 6.16. The van der Waals surface area contributed by atoms with Crippen LogP contribution >= 0.6 is 0 Å². The van der Waals surface area contributed by atoms with Crippen molar-refractivity contribution in [2.45, 2.75) is 31.8 Å². The van der Waals surface area contributed by atoms with Gasteiger partial charge in [-0.15, -0.1) is 0 Å². The van der Waals surface area contributed by atoms with Crippen molar-refractivity contribution in [2.75, 3.05) is 6.61 Å². The molecule has 6 nitrogen and oxygen atoms in total. The first kappa shape index (κ1) is 13.5. The maximum absolute atomic E-state index is 6.16. The molecule has 1 aromatic carbocycles. The molecule has 3 aromatic rings. The van der Waals surface area contributed by atoms with Gasteiger partial charge < -0.3 is 13.9 Å². The summed E-state index contributed by atoms with van der Waals surface area (Å²) in [6, 6.07) is 9.86. The van der Waals surface area contributed by atoms with Gasteiger partial charge in [0.2, 0.25) is 5.79 Å². The predicted octanol–water partition coefficient (Wildman–Crippen LogP) is 2.70. The highest BCUT2D eigenvalue weighted by Gasteiger charge is 2.43. The number of hydrogen-bond acceptors (Lipinski definition) is 5. The van der Waals surface area contributed by atoms with Crippen LogP contribution in [0.25, 0.3) is 11.0 Å². The number of aromatic nitrogens is 3. The number of nitrogens with zero attached hydrogens (tertiary/aromatic N) is 3. The van der Waals surface area contributed by atoms with E-state index in [-0.39, 0.29) is 6.10 Å². The van der Waals surface area contributed by atoms with E-state index in [0.29, 0.717) is 18.9 Å². The van der Waals surface area contributed by atoms with Crippen LogP contribution in [0.1, 0.15) is 19.1 Å². The molecule has 0 radical (unpaired) electrons. The standard InChI is InChI=1S/C16H17N3O3/c1-12-6-7-20-16(22-12,9-19-11-17-10-18-19)15-8-13-4-2-3-5-14(13)21-15/h2-5,8,10-12H,6-7,9H2,1H3/t12-,16+/m1/s1. The Morgan fingerprint density at radius 2 is 2.27 bits per heavy atom. The Balaban J connectivity index is 1.78. The van der Waals surface area contributed by atoms with Crippen LogP contribution in [0.15, 0.2) is 47.4 Å². The van der Waals surface area contributed by atoms with Crippen molar-refractivity contribution in [3.05, 3.63) is 48.7 Å². The van der Waals surface area contributed by atoms with Gasteiger partial charge in [-0.05, 0) is 25.5 Å².